The Kier molecular flexibility index (Phi) is 7.05. The normalized spacial score (nSPS) is 11.9. The Morgan fingerprint density at radius 2 is 1.66 bits per heavy atom. The summed E-state index contributed by atoms with van der Waals surface area (Å²) in [7, 11) is 0. The first kappa shape index (κ1) is 22.3. The van der Waals surface area contributed by atoms with Crippen LogP contribution >= 0.6 is 24.0 Å². The van der Waals surface area contributed by atoms with E-state index in [1.54, 1.807) is 0 Å². The van der Waals surface area contributed by atoms with Gasteiger partial charge in [0.25, 0.3) is 0 Å². The maximum absolute atomic E-state index is 6.31. The molecule has 0 radical (unpaired) electrons. The van der Waals surface area contributed by atoms with Crippen molar-refractivity contribution in [3.05, 3.63) is 101 Å². The molecule has 1 aliphatic rings. The molecule has 0 fully saturated rings. The second-order valence-corrected chi connectivity index (χ2v) is 7.84. The van der Waals surface area contributed by atoms with Gasteiger partial charge in [0.2, 0.25) is 6.79 Å². The molecule has 4 nitrogen and oxygen atoms in total. The second kappa shape index (κ2) is 10.1. The van der Waals surface area contributed by atoms with E-state index < -0.39 is 0 Å². The highest BCUT2D eigenvalue weighted by molar-refractivity contribution is 6.31. The highest BCUT2D eigenvalue weighted by atomic mass is 35.5. The van der Waals surface area contributed by atoms with Crippen LogP contribution < -0.4 is 19.5 Å². The fourth-order valence-electron chi connectivity index (χ4n) is 3.79. The highest BCUT2D eigenvalue weighted by Gasteiger charge is 2.14. The molecule has 4 aromatic carbocycles. The molecule has 164 valence electrons. The number of hydrogen-bond acceptors (Lipinski definition) is 4. The summed E-state index contributed by atoms with van der Waals surface area (Å²) in [6.07, 6.45) is 0. The zero-order chi connectivity index (χ0) is 21.0. The number of rotatable bonds is 7. The molecule has 0 amide bonds. The molecule has 0 unspecified atom stereocenters. The summed E-state index contributed by atoms with van der Waals surface area (Å²) in [4.78, 5) is 0. The molecule has 0 atom stereocenters. The zero-order valence-corrected chi connectivity index (χ0v) is 18.9. The van der Waals surface area contributed by atoms with Crippen LogP contribution in [0.5, 0.6) is 17.2 Å². The molecule has 0 saturated heterocycles. The van der Waals surface area contributed by atoms with Crippen LogP contribution in [0.15, 0.2) is 78.9 Å². The van der Waals surface area contributed by atoms with Crippen molar-refractivity contribution in [3.63, 3.8) is 0 Å². The van der Waals surface area contributed by atoms with Crippen LogP contribution in [0.1, 0.15) is 16.7 Å². The maximum Gasteiger partial charge on any atom is 0.231 e. The van der Waals surface area contributed by atoms with Crippen LogP contribution in [0.3, 0.4) is 0 Å². The predicted octanol–water partition coefficient (Wildman–Crippen LogP) is 6.51. The molecular formula is C26H23Cl2NO3. The summed E-state index contributed by atoms with van der Waals surface area (Å²) in [5.41, 5.74) is 3.24. The standard InChI is InChI=1S/C26H22ClNO3.ClH/c27-23-8-4-2-6-20(23)16-29-24-12-10-19-5-1-3-7-21(19)22(24)15-28-14-18-9-11-25-26(13-18)31-17-30-25;/h1-13,28H,14-17H2;1H. The van der Waals surface area contributed by atoms with Crippen molar-refractivity contribution in [2.75, 3.05) is 6.79 Å². The number of halogens is 2. The first-order valence-corrected chi connectivity index (χ1v) is 10.6. The lowest BCUT2D eigenvalue weighted by molar-refractivity contribution is 0.174. The van der Waals surface area contributed by atoms with E-state index in [-0.39, 0.29) is 19.2 Å². The molecule has 0 bridgehead atoms. The smallest absolute Gasteiger partial charge is 0.231 e. The number of hydrogen-bond donors (Lipinski definition) is 1. The number of ether oxygens (including phenoxy) is 3. The van der Waals surface area contributed by atoms with E-state index in [0.29, 0.717) is 24.7 Å². The van der Waals surface area contributed by atoms with Gasteiger partial charge in [-0.05, 0) is 40.6 Å². The van der Waals surface area contributed by atoms with E-state index in [1.807, 2.05) is 42.5 Å². The molecule has 6 heteroatoms. The van der Waals surface area contributed by atoms with Gasteiger partial charge in [-0.25, -0.2) is 0 Å². The molecule has 0 spiro atoms. The Hall–Kier alpha value is -2.92. The van der Waals surface area contributed by atoms with Crippen LogP contribution in [0.4, 0.5) is 0 Å². The summed E-state index contributed by atoms with van der Waals surface area (Å²) in [6, 6.07) is 26.3. The van der Waals surface area contributed by atoms with Crippen molar-refractivity contribution in [1.29, 1.82) is 0 Å². The molecule has 1 heterocycles. The predicted molar refractivity (Wildman–Crippen MR) is 130 cm³/mol. The van der Waals surface area contributed by atoms with E-state index in [4.69, 9.17) is 25.8 Å². The van der Waals surface area contributed by atoms with Gasteiger partial charge in [0, 0.05) is 29.2 Å². The SMILES string of the molecule is Cl.Clc1ccccc1COc1ccc2ccccc2c1CNCc1ccc2c(c1)OCO2. The molecule has 1 N–H and O–H groups in total. The van der Waals surface area contributed by atoms with E-state index >= 15 is 0 Å². The Labute approximate surface area is 198 Å². The summed E-state index contributed by atoms with van der Waals surface area (Å²) >= 11 is 6.31. The minimum Gasteiger partial charge on any atom is -0.488 e. The van der Waals surface area contributed by atoms with Crippen LogP contribution in [-0.4, -0.2) is 6.79 Å². The Bertz CT molecular complexity index is 1230. The van der Waals surface area contributed by atoms with Gasteiger partial charge < -0.3 is 19.5 Å². The zero-order valence-electron chi connectivity index (χ0n) is 17.3. The van der Waals surface area contributed by atoms with Gasteiger partial charge in [-0.3, -0.25) is 0 Å². The van der Waals surface area contributed by atoms with Crippen molar-refractivity contribution in [2.45, 2.75) is 19.7 Å². The van der Waals surface area contributed by atoms with Crippen LogP contribution in [0, 0.1) is 0 Å². The molecule has 1 aliphatic heterocycles. The monoisotopic (exact) mass is 467 g/mol. The van der Waals surface area contributed by atoms with Crippen molar-refractivity contribution in [3.8, 4) is 17.2 Å². The van der Waals surface area contributed by atoms with Gasteiger partial charge in [-0.1, -0.05) is 66.2 Å². The van der Waals surface area contributed by atoms with E-state index in [9.17, 15) is 0 Å². The van der Waals surface area contributed by atoms with Crippen molar-refractivity contribution in [2.24, 2.45) is 0 Å². The fourth-order valence-corrected chi connectivity index (χ4v) is 3.98. The maximum atomic E-state index is 6.31. The van der Waals surface area contributed by atoms with E-state index in [2.05, 4.69) is 41.7 Å². The summed E-state index contributed by atoms with van der Waals surface area (Å²) in [5, 5.41) is 6.63. The lowest BCUT2D eigenvalue weighted by Gasteiger charge is -2.16. The summed E-state index contributed by atoms with van der Waals surface area (Å²) in [6.45, 7) is 2.10. The Balaban J connectivity index is 0.00000245. The van der Waals surface area contributed by atoms with Crippen LogP contribution in [0.2, 0.25) is 5.02 Å². The third-order valence-electron chi connectivity index (χ3n) is 5.41. The van der Waals surface area contributed by atoms with Gasteiger partial charge in [-0.2, -0.15) is 0 Å². The molecule has 0 saturated carbocycles. The minimum absolute atomic E-state index is 0. The Morgan fingerprint density at radius 3 is 2.56 bits per heavy atom. The number of benzene rings is 4. The third kappa shape index (κ3) is 4.78. The van der Waals surface area contributed by atoms with Gasteiger partial charge in [-0.15, -0.1) is 12.4 Å². The van der Waals surface area contributed by atoms with Crippen LogP contribution in [0.25, 0.3) is 10.8 Å². The average molecular weight is 468 g/mol. The Morgan fingerprint density at radius 1 is 0.844 bits per heavy atom. The van der Waals surface area contributed by atoms with Gasteiger partial charge in [0.05, 0.1) is 0 Å². The first-order valence-electron chi connectivity index (χ1n) is 10.2. The minimum atomic E-state index is 0. The molecule has 5 rings (SSSR count). The topological polar surface area (TPSA) is 39.7 Å². The third-order valence-corrected chi connectivity index (χ3v) is 5.78. The van der Waals surface area contributed by atoms with Crippen molar-refractivity contribution < 1.29 is 14.2 Å². The molecule has 0 aliphatic carbocycles. The molecule has 0 aromatic heterocycles. The summed E-state index contributed by atoms with van der Waals surface area (Å²) in [5.74, 6) is 2.46. The van der Waals surface area contributed by atoms with Gasteiger partial charge >= 0.3 is 0 Å². The van der Waals surface area contributed by atoms with E-state index in [1.165, 1.54) is 10.8 Å². The quantitative estimate of drug-likeness (QED) is 0.336. The molecular weight excluding hydrogens is 445 g/mol. The first-order chi connectivity index (χ1) is 15.3. The molecule has 32 heavy (non-hydrogen) atoms. The number of fused-ring (bicyclic) bond motifs is 2. The largest absolute Gasteiger partial charge is 0.488 e. The van der Waals surface area contributed by atoms with E-state index in [0.717, 1.165) is 33.9 Å². The molecule has 4 aromatic rings. The summed E-state index contributed by atoms with van der Waals surface area (Å²) < 4.78 is 17.1. The van der Waals surface area contributed by atoms with Gasteiger partial charge in [0.1, 0.15) is 12.4 Å². The second-order valence-electron chi connectivity index (χ2n) is 7.43. The fraction of sp³-hybridized carbons (Fsp3) is 0.154. The highest BCUT2D eigenvalue weighted by Crippen LogP contribution is 2.33. The van der Waals surface area contributed by atoms with Crippen molar-refractivity contribution >= 4 is 34.8 Å². The van der Waals surface area contributed by atoms with Crippen molar-refractivity contribution in [1.82, 2.24) is 5.32 Å². The number of nitrogens with one attached hydrogen (secondary N) is 1. The lowest BCUT2D eigenvalue weighted by Crippen LogP contribution is -2.14. The lowest BCUT2D eigenvalue weighted by atomic mass is 10.0. The van der Waals surface area contributed by atoms with Gasteiger partial charge in [0.15, 0.2) is 11.5 Å². The average Bonchev–Trinajstić information content (AvgIpc) is 3.27. The van der Waals surface area contributed by atoms with Crippen LogP contribution in [-0.2, 0) is 19.7 Å².